The van der Waals surface area contributed by atoms with Crippen molar-refractivity contribution in [2.45, 2.75) is 57.3 Å². The molecule has 134 valence electrons. The lowest BCUT2D eigenvalue weighted by Gasteiger charge is -2.29. The molecule has 0 rings (SSSR count). The van der Waals surface area contributed by atoms with Crippen molar-refractivity contribution in [2.24, 2.45) is 0 Å². The van der Waals surface area contributed by atoms with Crippen LogP contribution in [0.5, 0.6) is 0 Å². The highest BCUT2D eigenvalue weighted by atomic mass is 28.4. The van der Waals surface area contributed by atoms with E-state index < -0.39 is 45.9 Å². The summed E-state index contributed by atoms with van der Waals surface area (Å²) in [4.78, 5) is 0. The van der Waals surface area contributed by atoms with Crippen molar-refractivity contribution >= 4 is 26.6 Å². The van der Waals surface area contributed by atoms with Crippen LogP contribution < -0.4 is 0 Å². The summed E-state index contributed by atoms with van der Waals surface area (Å²) < 4.78 is 65.2. The van der Waals surface area contributed by atoms with E-state index in [9.17, 15) is 17.6 Å². The molecule has 0 aliphatic rings. The highest BCUT2D eigenvalue weighted by Crippen LogP contribution is 2.20. The van der Waals surface area contributed by atoms with Gasteiger partial charge in [-0.25, -0.2) is 0 Å². The molecule has 0 aromatic carbocycles. The van der Waals surface area contributed by atoms with Gasteiger partial charge in [0.15, 0.2) is 17.4 Å². The number of halogens is 4. The molecule has 22 heavy (non-hydrogen) atoms. The van der Waals surface area contributed by atoms with Crippen LogP contribution in [-0.2, 0) is 13.0 Å². The molecule has 0 fully saturated rings. The molecular formula is C12H28F4O3Si3. The SMILES string of the molecule is C[SiH](C)O[SiH](CCF)O[Si](C)(C)CCCOCCC(F)(F)F. The first kappa shape index (κ1) is 22.3. The Kier molecular flexibility index (Phi) is 11.0. The Morgan fingerprint density at radius 2 is 1.73 bits per heavy atom. The minimum atomic E-state index is -4.17. The van der Waals surface area contributed by atoms with Crippen LogP contribution in [0.25, 0.3) is 0 Å². The average molecular weight is 381 g/mol. The third-order valence-corrected chi connectivity index (χ3v) is 12.1. The molecule has 1 atom stereocenters. The highest BCUT2D eigenvalue weighted by Gasteiger charge is 2.29. The van der Waals surface area contributed by atoms with Gasteiger partial charge in [-0.15, -0.1) is 0 Å². The number of hydrogen-bond acceptors (Lipinski definition) is 3. The Labute approximate surface area is 135 Å². The predicted molar refractivity (Wildman–Crippen MR) is 87.4 cm³/mol. The number of rotatable bonds is 12. The summed E-state index contributed by atoms with van der Waals surface area (Å²) in [7, 11) is -5.17. The fourth-order valence-corrected chi connectivity index (χ4v) is 10.5. The molecule has 0 N–H and O–H groups in total. The normalized spacial score (nSPS) is 14.6. The van der Waals surface area contributed by atoms with Crippen molar-refractivity contribution < 1.29 is 30.5 Å². The lowest BCUT2D eigenvalue weighted by atomic mass is 10.4. The third-order valence-electron chi connectivity index (χ3n) is 2.82. The largest absolute Gasteiger partial charge is 0.441 e. The fraction of sp³-hybridized carbons (Fsp3) is 1.00. The topological polar surface area (TPSA) is 27.7 Å². The van der Waals surface area contributed by atoms with E-state index in [1.165, 1.54) is 0 Å². The van der Waals surface area contributed by atoms with Gasteiger partial charge in [-0.3, -0.25) is 4.39 Å². The molecule has 0 heterocycles. The van der Waals surface area contributed by atoms with Crippen LogP contribution >= 0.6 is 0 Å². The van der Waals surface area contributed by atoms with Gasteiger partial charge in [0.05, 0.1) is 19.7 Å². The molecule has 0 amide bonds. The monoisotopic (exact) mass is 380 g/mol. The van der Waals surface area contributed by atoms with Gasteiger partial charge in [0.2, 0.25) is 0 Å². The minimum absolute atomic E-state index is 0.297. The lowest BCUT2D eigenvalue weighted by molar-refractivity contribution is -0.145. The van der Waals surface area contributed by atoms with Crippen molar-refractivity contribution in [1.82, 2.24) is 0 Å². The Hall–Kier alpha value is 0.251. The third kappa shape index (κ3) is 13.9. The van der Waals surface area contributed by atoms with Crippen LogP contribution in [0.1, 0.15) is 12.8 Å². The van der Waals surface area contributed by atoms with Crippen LogP contribution in [0.4, 0.5) is 17.6 Å². The van der Waals surface area contributed by atoms with E-state index >= 15 is 0 Å². The summed E-state index contributed by atoms with van der Waals surface area (Å²) in [5.41, 5.74) is 0. The average Bonchev–Trinajstić information content (AvgIpc) is 2.31. The molecule has 1 unspecified atom stereocenters. The Morgan fingerprint density at radius 3 is 2.23 bits per heavy atom. The van der Waals surface area contributed by atoms with Gasteiger partial charge < -0.3 is 13.0 Å². The van der Waals surface area contributed by atoms with Crippen LogP contribution in [0, 0.1) is 0 Å². The van der Waals surface area contributed by atoms with E-state index in [-0.39, 0.29) is 6.61 Å². The molecule has 0 radical (unpaired) electrons. The molecule has 10 heteroatoms. The van der Waals surface area contributed by atoms with E-state index in [1.54, 1.807) is 0 Å². The van der Waals surface area contributed by atoms with E-state index in [1.807, 2.05) is 26.2 Å². The van der Waals surface area contributed by atoms with Crippen LogP contribution in [0.15, 0.2) is 0 Å². The predicted octanol–water partition coefficient (Wildman–Crippen LogP) is 3.76. The van der Waals surface area contributed by atoms with E-state index in [0.717, 1.165) is 6.04 Å². The minimum Gasteiger partial charge on any atom is -0.441 e. The van der Waals surface area contributed by atoms with Crippen LogP contribution in [-0.4, -0.2) is 52.7 Å². The van der Waals surface area contributed by atoms with Crippen molar-refractivity contribution in [3.63, 3.8) is 0 Å². The molecule has 0 aliphatic heterocycles. The number of hydrogen-bond donors (Lipinski definition) is 0. The Balaban J connectivity index is 3.96. The van der Waals surface area contributed by atoms with Gasteiger partial charge in [0.1, 0.15) is 0 Å². The van der Waals surface area contributed by atoms with Crippen molar-refractivity contribution in [1.29, 1.82) is 0 Å². The second-order valence-electron chi connectivity index (χ2n) is 6.05. The maximum absolute atomic E-state index is 12.6. The van der Waals surface area contributed by atoms with Crippen molar-refractivity contribution in [3.05, 3.63) is 0 Å². The molecule has 0 bridgehead atoms. The van der Waals surface area contributed by atoms with E-state index in [2.05, 4.69) is 0 Å². The van der Waals surface area contributed by atoms with Gasteiger partial charge in [-0.05, 0) is 38.7 Å². The molecule has 0 spiro atoms. The van der Waals surface area contributed by atoms with Gasteiger partial charge in [0.25, 0.3) is 0 Å². The van der Waals surface area contributed by atoms with E-state index in [0.29, 0.717) is 19.1 Å². The zero-order valence-corrected chi connectivity index (χ0v) is 17.2. The molecule has 0 saturated heterocycles. The number of ether oxygens (including phenoxy) is 1. The summed E-state index contributed by atoms with van der Waals surface area (Å²) in [5.74, 6) is 0. The van der Waals surface area contributed by atoms with Gasteiger partial charge in [-0.2, -0.15) is 13.2 Å². The molecule has 3 nitrogen and oxygen atoms in total. The second-order valence-corrected chi connectivity index (χ2v) is 15.6. The summed E-state index contributed by atoms with van der Waals surface area (Å²) in [6, 6.07) is 1.14. The zero-order chi connectivity index (χ0) is 17.2. The van der Waals surface area contributed by atoms with Gasteiger partial charge >= 0.3 is 15.5 Å². The first-order valence-electron chi connectivity index (χ1n) is 7.59. The highest BCUT2D eigenvalue weighted by molar-refractivity contribution is 6.78. The second kappa shape index (κ2) is 10.9. The first-order valence-corrected chi connectivity index (χ1v) is 15.2. The van der Waals surface area contributed by atoms with Crippen LogP contribution in [0.3, 0.4) is 0 Å². The summed E-state index contributed by atoms with van der Waals surface area (Å²) in [6.07, 6.45) is -4.42. The van der Waals surface area contributed by atoms with Gasteiger partial charge in [-0.1, -0.05) is 0 Å². The molecule has 0 aromatic heterocycles. The van der Waals surface area contributed by atoms with E-state index in [4.69, 9.17) is 13.0 Å². The van der Waals surface area contributed by atoms with Crippen molar-refractivity contribution in [3.8, 4) is 0 Å². The summed E-state index contributed by atoms with van der Waals surface area (Å²) >= 11 is 0. The quantitative estimate of drug-likeness (QED) is 0.293. The molecular weight excluding hydrogens is 352 g/mol. The summed E-state index contributed by atoms with van der Waals surface area (Å²) in [5, 5.41) is 0. The number of alkyl halides is 4. The smallest absolute Gasteiger partial charge is 0.391 e. The van der Waals surface area contributed by atoms with Crippen LogP contribution in [0.2, 0.25) is 38.3 Å². The maximum Gasteiger partial charge on any atom is 0.391 e. The standard InChI is InChI=1S/C12H28F4O3Si3/c1-20(2)18-21(10-7-13)19-22(3,4)11-5-8-17-9-6-12(14,15)16/h20-21H,5-11H2,1-4H3. The first-order chi connectivity index (χ1) is 10.1. The fourth-order valence-electron chi connectivity index (χ4n) is 1.85. The maximum atomic E-state index is 12.6. The zero-order valence-electron chi connectivity index (χ0n) is 13.8. The Morgan fingerprint density at radius 1 is 1.09 bits per heavy atom. The molecule has 0 aromatic rings. The summed E-state index contributed by atoms with van der Waals surface area (Å²) in [6.45, 7) is 7.70. The van der Waals surface area contributed by atoms with Gasteiger partial charge in [0, 0.05) is 12.7 Å². The van der Waals surface area contributed by atoms with Crippen molar-refractivity contribution in [2.75, 3.05) is 19.9 Å². The molecule has 0 saturated carbocycles. The lowest BCUT2D eigenvalue weighted by Crippen LogP contribution is -2.41. The molecule has 0 aliphatic carbocycles. The Bertz CT molecular complexity index is 291.